The average molecular weight is 271 g/mol. The second kappa shape index (κ2) is 3.77. The second-order valence-electron chi connectivity index (χ2n) is 5.02. The Morgan fingerprint density at radius 1 is 1.32 bits per heavy atom. The Labute approximate surface area is 114 Å². The fourth-order valence-electron chi connectivity index (χ4n) is 2.19. The number of anilines is 1. The number of nitrogens with zero attached hydrogens (tertiary/aromatic N) is 4. The number of benzene rings is 1. The summed E-state index contributed by atoms with van der Waals surface area (Å²) in [5.41, 5.74) is 8.96. The van der Waals surface area contributed by atoms with E-state index in [-0.39, 0.29) is 0 Å². The van der Waals surface area contributed by atoms with Crippen molar-refractivity contribution in [3.05, 3.63) is 29.6 Å². The zero-order chi connectivity index (χ0) is 13.0. The molecule has 2 aromatic heterocycles. The molecule has 0 amide bonds. The van der Waals surface area contributed by atoms with E-state index in [2.05, 4.69) is 28.3 Å². The third-order valence-corrected chi connectivity index (χ3v) is 4.33. The zero-order valence-corrected chi connectivity index (χ0v) is 11.3. The maximum absolute atomic E-state index is 6.04. The summed E-state index contributed by atoms with van der Waals surface area (Å²) in [4.78, 5) is 0.845. The van der Waals surface area contributed by atoms with Crippen molar-refractivity contribution in [2.75, 3.05) is 5.73 Å². The van der Waals surface area contributed by atoms with Crippen LogP contribution in [-0.2, 0) is 0 Å². The smallest absolute Gasteiger partial charge is 0.234 e. The van der Waals surface area contributed by atoms with Gasteiger partial charge < -0.3 is 5.73 Å². The number of hydrogen-bond acceptors (Lipinski definition) is 5. The molecule has 0 spiro atoms. The number of aryl methyl sites for hydroxylation is 1. The first-order valence-corrected chi connectivity index (χ1v) is 7.12. The van der Waals surface area contributed by atoms with E-state index in [1.807, 2.05) is 16.6 Å². The standard InChI is InChI=1S/C13H13N5S/c1-7-2-5-10(14)9(6-7)12-17-18-11(8-3-4-8)15-16-13(18)19-12/h2,5-6,8H,3-4,14H2,1H3. The van der Waals surface area contributed by atoms with Crippen molar-refractivity contribution in [3.8, 4) is 10.6 Å². The lowest BCUT2D eigenvalue weighted by atomic mass is 10.1. The van der Waals surface area contributed by atoms with E-state index in [0.717, 1.165) is 27.0 Å². The Morgan fingerprint density at radius 2 is 2.16 bits per heavy atom. The normalized spacial score (nSPS) is 15.2. The lowest BCUT2D eigenvalue weighted by Gasteiger charge is -2.02. The van der Waals surface area contributed by atoms with E-state index in [0.29, 0.717) is 5.92 Å². The Hall–Kier alpha value is -1.95. The molecule has 96 valence electrons. The summed E-state index contributed by atoms with van der Waals surface area (Å²) in [6.07, 6.45) is 2.39. The first-order chi connectivity index (χ1) is 9.22. The van der Waals surface area contributed by atoms with Crippen LogP contribution in [0.5, 0.6) is 0 Å². The molecule has 3 aromatic rings. The van der Waals surface area contributed by atoms with Gasteiger partial charge in [-0.3, -0.25) is 0 Å². The summed E-state index contributed by atoms with van der Waals surface area (Å²) in [7, 11) is 0. The van der Waals surface area contributed by atoms with E-state index in [1.54, 1.807) is 0 Å². The molecule has 0 aliphatic heterocycles. The van der Waals surface area contributed by atoms with Gasteiger partial charge in [-0.25, -0.2) is 0 Å². The van der Waals surface area contributed by atoms with Crippen LogP contribution in [0.4, 0.5) is 5.69 Å². The van der Waals surface area contributed by atoms with Gasteiger partial charge >= 0.3 is 0 Å². The first kappa shape index (κ1) is 10.9. The molecule has 4 rings (SSSR count). The average Bonchev–Trinajstić information content (AvgIpc) is 3.01. The summed E-state index contributed by atoms with van der Waals surface area (Å²) in [5, 5.41) is 14.0. The number of nitrogen functional groups attached to an aromatic ring is 1. The van der Waals surface area contributed by atoms with Crippen LogP contribution in [0, 0.1) is 6.92 Å². The van der Waals surface area contributed by atoms with Gasteiger partial charge in [0.25, 0.3) is 0 Å². The molecule has 1 fully saturated rings. The van der Waals surface area contributed by atoms with Crippen LogP contribution in [0.1, 0.15) is 30.1 Å². The van der Waals surface area contributed by atoms with Crippen molar-refractivity contribution in [2.45, 2.75) is 25.7 Å². The van der Waals surface area contributed by atoms with E-state index < -0.39 is 0 Å². The van der Waals surface area contributed by atoms with Crippen LogP contribution in [0.2, 0.25) is 0 Å². The summed E-state index contributed by atoms with van der Waals surface area (Å²) in [6.45, 7) is 2.05. The van der Waals surface area contributed by atoms with Gasteiger partial charge in [0.2, 0.25) is 4.96 Å². The van der Waals surface area contributed by atoms with Crippen molar-refractivity contribution < 1.29 is 0 Å². The summed E-state index contributed by atoms with van der Waals surface area (Å²) in [5.74, 6) is 1.53. The first-order valence-electron chi connectivity index (χ1n) is 6.31. The van der Waals surface area contributed by atoms with Crippen LogP contribution in [0.3, 0.4) is 0 Å². The van der Waals surface area contributed by atoms with E-state index >= 15 is 0 Å². The van der Waals surface area contributed by atoms with Crippen molar-refractivity contribution >= 4 is 22.0 Å². The second-order valence-corrected chi connectivity index (χ2v) is 5.98. The Bertz CT molecular complexity index is 769. The summed E-state index contributed by atoms with van der Waals surface area (Å²) < 4.78 is 1.87. The Balaban J connectivity index is 1.88. The van der Waals surface area contributed by atoms with Gasteiger partial charge in [0, 0.05) is 17.2 Å². The van der Waals surface area contributed by atoms with Crippen molar-refractivity contribution in [3.63, 3.8) is 0 Å². The lowest BCUT2D eigenvalue weighted by Crippen LogP contribution is -1.95. The molecule has 2 N–H and O–H groups in total. The minimum Gasteiger partial charge on any atom is -0.398 e. The number of fused-ring (bicyclic) bond motifs is 1. The van der Waals surface area contributed by atoms with Crippen LogP contribution in [-0.4, -0.2) is 19.8 Å². The van der Waals surface area contributed by atoms with E-state index in [1.165, 1.54) is 29.7 Å². The number of nitrogens with two attached hydrogens (primary N) is 1. The fourth-order valence-corrected chi connectivity index (χ4v) is 3.08. The van der Waals surface area contributed by atoms with E-state index in [9.17, 15) is 0 Å². The van der Waals surface area contributed by atoms with Crippen molar-refractivity contribution in [1.29, 1.82) is 0 Å². The van der Waals surface area contributed by atoms with Gasteiger partial charge in [-0.15, -0.1) is 10.2 Å². The van der Waals surface area contributed by atoms with Crippen LogP contribution >= 0.6 is 11.3 Å². The highest BCUT2D eigenvalue weighted by molar-refractivity contribution is 7.19. The van der Waals surface area contributed by atoms with Gasteiger partial charge in [0.1, 0.15) is 5.01 Å². The van der Waals surface area contributed by atoms with Gasteiger partial charge in [-0.2, -0.15) is 9.61 Å². The van der Waals surface area contributed by atoms with Gasteiger partial charge in [-0.1, -0.05) is 23.0 Å². The predicted octanol–water partition coefficient (Wildman–Crippen LogP) is 2.62. The Morgan fingerprint density at radius 3 is 2.95 bits per heavy atom. The monoisotopic (exact) mass is 271 g/mol. The maximum atomic E-state index is 6.04. The van der Waals surface area contributed by atoms with Gasteiger partial charge in [0.05, 0.1) is 0 Å². The number of rotatable bonds is 2. The van der Waals surface area contributed by atoms with Crippen molar-refractivity contribution in [2.24, 2.45) is 0 Å². The molecule has 1 aliphatic rings. The topological polar surface area (TPSA) is 69.1 Å². The third kappa shape index (κ3) is 1.71. The highest BCUT2D eigenvalue weighted by atomic mass is 32.1. The molecule has 1 saturated carbocycles. The number of aromatic nitrogens is 4. The molecule has 6 heteroatoms. The SMILES string of the molecule is Cc1ccc(N)c(-c2nn3c(C4CC4)nnc3s2)c1. The third-order valence-electron chi connectivity index (χ3n) is 3.40. The zero-order valence-electron chi connectivity index (χ0n) is 10.5. The van der Waals surface area contributed by atoms with Crippen LogP contribution < -0.4 is 5.73 Å². The minimum absolute atomic E-state index is 0.541. The lowest BCUT2D eigenvalue weighted by molar-refractivity contribution is 0.828. The molecule has 0 saturated heterocycles. The fraction of sp³-hybridized carbons (Fsp3) is 0.308. The largest absolute Gasteiger partial charge is 0.398 e. The molecule has 1 aliphatic carbocycles. The Kier molecular flexibility index (Phi) is 2.17. The molecule has 2 heterocycles. The molecule has 0 unspecified atom stereocenters. The molecule has 5 nitrogen and oxygen atoms in total. The molecular formula is C13H13N5S. The summed E-state index contributed by atoms with van der Waals surface area (Å²) in [6, 6.07) is 6.00. The van der Waals surface area contributed by atoms with Crippen LogP contribution in [0.25, 0.3) is 15.5 Å². The molecule has 0 radical (unpaired) electrons. The number of hydrogen-bond donors (Lipinski definition) is 1. The van der Waals surface area contributed by atoms with Crippen molar-refractivity contribution in [1.82, 2.24) is 19.8 Å². The summed E-state index contributed by atoms with van der Waals surface area (Å²) >= 11 is 1.54. The highest BCUT2D eigenvalue weighted by Crippen LogP contribution is 2.40. The predicted molar refractivity (Wildman–Crippen MR) is 75.2 cm³/mol. The minimum atomic E-state index is 0.541. The molecule has 1 aromatic carbocycles. The van der Waals surface area contributed by atoms with E-state index in [4.69, 9.17) is 5.73 Å². The quantitative estimate of drug-likeness (QED) is 0.727. The molecule has 19 heavy (non-hydrogen) atoms. The van der Waals surface area contributed by atoms with Gasteiger partial charge in [0.15, 0.2) is 5.82 Å². The highest BCUT2D eigenvalue weighted by Gasteiger charge is 2.30. The molecule has 0 bridgehead atoms. The maximum Gasteiger partial charge on any atom is 0.234 e. The molecule has 0 atom stereocenters. The van der Waals surface area contributed by atoms with Gasteiger partial charge in [-0.05, 0) is 31.9 Å². The molecular weight excluding hydrogens is 258 g/mol. The van der Waals surface area contributed by atoms with Crippen LogP contribution in [0.15, 0.2) is 18.2 Å².